The zero-order chi connectivity index (χ0) is 8.88. The third-order valence-electron chi connectivity index (χ3n) is 2.97. The van der Waals surface area contributed by atoms with Crippen LogP contribution in [0.25, 0.3) is 0 Å². The van der Waals surface area contributed by atoms with Gasteiger partial charge in [0, 0.05) is 0 Å². The Morgan fingerprint density at radius 2 is 0.917 bits per heavy atom. The number of nitrogens with zero attached hydrogens (tertiary/aromatic N) is 4. The highest BCUT2D eigenvalue weighted by Gasteiger charge is 2.45. The van der Waals surface area contributed by atoms with E-state index in [1.807, 2.05) is 0 Å². The van der Waals surface area contributed by atoms with Crippen LogP contribution < -0.4 is 0 Å². The number of rotatable bonds is 1. The Hall–Kier alpha value is -0.160. The molecule has 0 aliphatic carbocycles. The van der Waals surface area contributed by atoms with Crippen molar-refractivity contribution in [1.29, 1.82) is 0 Å². The van der Waals surface area contributed by atoms with Gasteiger partial charge in [-0.25, -0.2) is 0 Å². The lowest BCUT2D eigenvalue weighted by Crippen LogP contribution is -2.77. The monoisotopic (exact) mass is 170 g/mol. The van der Waals surface area contributed by atoms with E-state index in [4.69, 9.17) is 0 Å². The molecule has 0 aromatic rings. The molecular weight excluding hydrogens is 152 g/mol. The lowest BCUT2D eigenvalue weighted by atomic mass is 10.1. The lowest BCUT2D eigenvalue weighted by molar-refractivity contribution is -0.205. The predicted molar refractivity (Wildman–Crippen MR) is 48.4 cm³/mol. The first-order chi connectivity index (χ1) is 5.61. The molecule has 2 saturated heterocycles. The molecule has 4 nitrogen and oxygen atoms in total. The van der Waals surface area contributed by atoms with E-state index in [1.54, 1.807) is 0 Å². The normalized spacial score (nSPS) is 32.0. The Bertz CT molecular complexity index is 148. The zero-order valence-electron chi connectivity index (χ0n) is 8.36. The van der Waals surface area contributed by atoms with Crippen LogP contribution in [0.3, 0.4) is 0 Å². The first-order valence-corrected chi connectivity index (χ1v) is 4.42. The first-order valence-electron chi connectivity index (χ1n) is 4.42. The summed E-state index contributed by atoms with van der Waals surface area (Å²) in [5, 5.41) is 0. The van der Waals surface area contributed by atoms with Gasteiger partial charge in [0.2, 0.25) is 0 Å². The van der Waals surface area contributed by atoms with Gasteiger partial charge in [-0.05, 0) is 28.2 Å². The van der Waals surface area contributed by atoms with Gasteiger partial charge in [0.05, 0.1) is 25.7 Å². The minimum absolute atomic E-state index is 0.591. The van der Waals surface area contributed by atoms with Crippen molar-refractivity contribution in [3.05, 3.63) is 0 Å². The van der Waals surface area contributed by atoms with Gasteiger partial charge in [0.15, 0.2) is 0 Å². The summed E-state index contributed by atoms with van der Waals surface area (Å²) in [5.74, 6) is 0. The molecule has 0 amide bonds. The molecule has 12 heavy (non-hydrogen) atoms. The standard InChI is InChI=1S/C8H18N4/c1-9-5-10(2)7(9)8-11(3)6-12(8)4/h7-8H,5-6H2,1-4H3. The van der Waals surface area contributed by atoms with Crippen LogP contribution >= 0.6 is 0 Å². The van der Waals surface area contributed by atoms with Crippen LogP contribution in [0.15, 0.2) is 0 Å². The van der Waals surface area contributed by atoms with Crippen LogP contribution in [0.4, 0.5) is 0 Å². The third-order valence-corrected chi connectivity index (χ3v) is 2.97. The lowest BCUT2D eigenvalue weighted by Gasteiger charge is -2.60. The molecule has 0 atom stereocenters. The van der Waals surface area contributed by atoms with Gasteiger partial charge in [0.1, 0.15) is 0 Å². The van der Waals surface area contributed by atoms with E-state index >= 15 is 0 Å². The summed E-state index contributed by atoms with van der Waals surface area (Å²) in [5.41, 5.74) is 0. The fourth-order valence-electron chi connectivity index (χ4n) is 2.43. The van der Waals surface area contributed by atoms with Gasteiger partial charge < -0.3 is 0 Å². The van der Waals surface area contributed by atoms with Crippen LogP contribution in [-0.2, 0) is 0 Å². The average Bonchev–Trinajstić information content (AvgIpc) is 2.01. The molecule has 70 valence electrons. The summed E-state index contributed by atoms with van der Waals surface area (Å²) in [7, 11) is 8.74. The molecule has 2 aliphatic rings. The summed E-state index contributed by atoms with van der Waals surface area (Å²) < 4.78 is 0. The fourth-order valence-corrected chi connectivity index (χ4v) is 2.43. The van der Waals surface area contributed by atoms with Crippen LogP contribution in [0, 0.1) is 0 Å². The van der Waals surface area contributed by atoms with Crippen molar-refractivity contribution in [1.82, 2.24) is 19.6 Å². The second-order valence-corrected chi connectivity index (χ2v) is 4.14. The van der Waals surface area contributed by atoms with Crippen LogP contribution in [0.1, 0.15) is 0 Å². The molecule has 0 N–H and O–H groups in total. The minimum atomic E-state index is 0.591. The van der Waals surface area contributed by atoms with Crippen molar-refractivity contribution in [2.45, 2.75) is 12.3 Å². The second-order valence-electron chi connectivity index (χ2n) is 4.14. The quantitative estimate of drug-likeness (QED) is 0.516. The van der Waals surface area contributed by atoms with Crippen LogP contribution in [0.5, 0.6) is 0 Å². The maximum absolute atomic E-state index is 2.39. The summed E-state index contributed by atoms with van der Waals surface area (Å²) in [4.78, 5) is 9.54. The molecule has 0 radical (unpaired) electrons. The zero-order valence-corrected chi connectivity index (χ0v) is 8.36. The summed E-state index contributed by atoms with van der Waals surface area (Å²) in [6, 6.07) is 0. The van der Waals surface area contributed by atoms with E-state index in [9.17, 15) is 0 Å². The van der Waals surface area contributed by atoms with Gasteiger partial charge in [-0.3, -0.25) is 19.6 Å². The van der Waals surface area contributed by atoms with Gasteiger partial charge in [-0.2, -0.15) is 0 Å². The second kappa shape index (κ2) is 2.67. The topological polar surface area (TPSA) is 13.0 Å². The molecule has 0 aromatic heterocycles. The molecule has 2 heterocycles. The van der Waals surface area contributed by atoms with Crippen molar-refractivity contribution < 1.29 is 0 Å². The highest BCUT2D eigenvalue weighted by Crippen LogP contribution is 2.27. The fraction of sp³-hybridized carbons (Fsp3) is 1.00. The van der Waals surface area contributed by atoms with Crippen molar-refractivity contribution >= 4 is 0 Å². The van der Waals surface area contributed by atoms with Crippen molar-refractivity contribution in [2.24, 2.45) is 0 Å². The third kappa shape index (κ3) is 0.992. The SMILES string of the molecule is CN1CN(C)C1C1N(C)CN1C. The van der Waals surface area contributed by atoms with Crippen molar-refractivity contribution in [2.75, 3.05) is 41.5 Å². The van der Waals surface area contributed by atoms with Crippen molar-refractivity contribution in [3.63, 3.8) is 0 Å². The number of hydrogen-bond acceptors (Lipinski definition) is 4. The highest BCUT2D eigenvalue weighted by molar-refractivity contribution is 4.92. The molecule has 0 spiro atoms. The summed E-state index contributed by atoms with van der Waals surface area (Å²) in [6.45, 7) is 2.20. The molecule has 0 unspecified atom stereocenters. The van der Waals surface area contributed by atoms with Gasteiger partial charge in [0.25, 0.3) is 0 Å². The molecule has 0 bridgehead atoms. The van der Waals surface area contributed by atoms with E-state index < -0.39 is 0 Å². The van der Waals surface area contributed by atoms with E-state index in [0.717, 1.165) is 13.3 Å². The smallest absolute Gasteiger partial charge is 0.0937 e. The summed E-state index contributed by atoms with van der Waals surface area (Å²) >= 11 is 0. The minimum Gasteiger partial charge on any atom is -0.275 e. The highest BCUT2D eigenvalue weighted by atomic mass is 15.6. The molecule has 2 rings (SSSR count). The van der Waals surface area contributed by atoms with Crippen LogP contribution in [-0.4, -0.2) is 73.5 Å². The Balaban J connectivity index is 1.99. The Kier molecular flexibility index (Phi) is 1.88. The maximum atomic E-state index is 2.39. The Morgan fingerprint density at radius 3 is 1.08 bits per heavy atom. The molecule has 2 fully saturated rings. The van der Waals surface area contributed by atoms with Crippen LogP contribution in [0.2, 0.25) is 0 Å². The van der Waals surface area contributed by atoms with Gasteiger partial charge in [-0.1, -0.05) is 0 Å². The maximum Gasteiger partial charge on any atom is 0.0937 e. The van der Waals surface area contributed by atoms with E-state index in [0.29, 0.717) is 12.3 Å². The van der Waals surface area contributed by atoms with E-state index in [1.165, 1.54) is 0 Å². The first kappa shape index (κ1) is 8.44. The van der Waals surface area contributed by atoms with Gasteiger partial charge in [-0.15, -0.1) is 0 Å². The summed E-state index contributed by atoms with van der Waals surface area (Å²) in [6.07, 6.45) is 1.18. The molecule has 0 saturated carbocycles. The predicted octanol–water partition coefficient (Wildman–Crippen LogP) is -0.692. The van der Waals surface area contributed by atoms with Crippen molar-refractivity contribution in [3.8, 4) is 0 Å². The van der Waals surface area contributed by atoms with Gasteiger partial charge >= 0.3 is 0 Å². The molecular formula is C8H18N4. The number of likely N-dealkylation sites (N-methyl/N-ethyl adjacent to an activating group) is 4. The largest absolute Gasteiger partial charge is 0.275 e. The molecule has 2 aliphatic heterocycles. The Labute approximate surface area is 74.3 Å². The van der Waals surface area contributed by atoms with E-state index in [2.05, 4.69) is 47.8 Å². The molecule has 0 aromatic carbocycles. The molecule has 4 heteroatoms. The number of hydrogen-bond donors (Lipinski definition) is 0. The van der Waals surface area contributed by atoms with E-state index in [-0.39, 0.29) is 0 Å². The Morgan fingerprint density at radius 1 is 0.667 bits per heavy atom. The average molecular weight is 170 g/mol.